The van der Waals surface area contributed by atoms with Gasteiger partial charge >= 0.3 is 0 Å². The van der Waals surface area contributed by atoms with Crippen molar-refractivity contribution in [2.24, 2.45) is 0 Å². The maximum atomic E-state index is 4.68. The number of rotatable bonds is 3. The second-order valence-electron chi connectivity index (χ2n) is 7.98. The predicted molar refractivity (Wildman–Crippen MR) is 121 cm³/mol. The van der Waals surface area contributed by atoms with Crippen molar-refractivity contribution in [1.29, 1.82) is 0 Å². The van der Waals surface area contributed by atoms with Crippen molar-refractivity contribution in [3.05, 3.63) is 72.6 Å². The Labute approximate surface area is 171 Å². The number of aryl methyl sites for hydroxylation is 1. The molecule has 4 aromatic rings. The number of anilines is 1. The highest BCUT2D eigenvalue weighted by molar-refractivity contribution is 5.95. The number of fused-ring (bicyclic) bond motifs is 1. The Balaban J connectivity index is 1.50. The van der Waals surface area contributed by atoms with Gasteiger partial charge in [0.15, 0.2) is 0 Å². The molecule has 1 aliphatic rings. The Kier molecular flexibility index (Phi) is 4.57. The maximum Gasteiger partial charge on any atom is 0.137 e. The predicted octanol–water partition coefficient (Wildman–Crippen LogP) is 4.96. The molecule has 1 N–H and O–H groups in total. The van der Waals surface area contributed by atoms with Crippen LogP contribution >= 0.6 is 0 Å². The van der Waals surface area contributed by atoms with Gasteiger partial charge in [0.1, 0.15) is 5.65 Å². The standard InChI is InChI=1S/C25H26N4/c1-18-14-20(8-9-24(18)29-12-10-28(2)11-13-29)21-15-22-23(17-27-25(22)26-16-21)19-6-4-3-5-7-19/h3-9,14-17H,10-13H2,1-2H3,(H,26,27). The minimum Gasteiger partial charge on any atom is -0.369 e. The zero-order valence-corrected chi connectivity index (χ0v) is 17.0. The van der Waals surface area contributed by atoms with Crippen LogP contribution in [0.2, 0.25) is 0 Å². The van der Waals surface area contributed by atoms with E-state index < -0.39 is 0 Å². The van der Waals surface area contributed by atoms with E-state index in [4.69, 9.17) is 0 Å². The first kappa shape index (κ1) is 18.0. The van der Waals surface area contributed by atoms with Gasteiger partial charge in [-0.1, -0.05) is 36.4 Å². The van der Waals surface area contributed by atoms with Gasteiger partial charge in [0.25, 0.3) is 0 Å². The van der Waals surface area contributed by atoms with E-state index in [1.54, 1.807) is 0 Å². The molecule has 0 saturated carbocycles. The lowest BCUT2D eigenvalue weighted by molar-refractivity contribution is 0.312. The summed E-state index contributed by atoms with van der Waals surface area (Å²) in [7, 11) is 2.20. The SMILES string of the molecule is Cc1cc(-c2cnc3[nH]cc(-c4ccccc4)c3c2)ccc1N1CCN(C)CC1. The molecule has 0 bridgehead atoms. The molecule has 0 amide bonds. The monoisotopic (exact) mass is 382 g/mol. The average Bonchev–Trinajstić information content (AvgIpc) is 3.18. The van der Waals surface area contributed by atoms with Gasteiger partial charge in [0.2, 0.25) is 0 Å². The van der Waals surface area contributed by atoms with Crippen LogP contribution in [-0.4, -0.2) is 48.1 Å². The molecular formula is C25H26N4. The molecule has 146 valence electrons. The second-order valence-corrected chi connectivity index (χ2v) is 7.98. The number of hydrogen-bond acceptors (Lipinski definition) is 3. The third-order valence-corrected chi connectivity index (χ3v) is 5.99. The maximum absolute atomic E-state index is 4.68. The van der Waals surface area contributed by atoms with Gasteiger partial charge in [-0.2, -0.15) is 0 Å². The normalized spacial score (nSPS) is 15.2. The smallest absolute Gasteiger partial charge is 0.137 e. The lowest BCUT2D eigenvalue weighted by Gasteiger charge is -2.35. The second kappa shape index (κ2) is 7.37. The average molecular weight is 383 g/mol. The van der Waals surface area contributed by atoms with Crippen LogP contribution in [0.15, 0.2) is 67.0 Å². The molecular weight excluding hydrogens is 356 g/mol. The van der Waals surface area contributed by atoms with Crippen LogP contribution in [0, 0.1) is 6.92 Å². The molecule has 5 rings (SSSR count). The fraction of sp³-hybridized carbons (Fsp3) is 0.240. The van der Waals surface area contributed by atoms with Crippen LogP contribution in [-0.2, 0) is 0 Å². The largest absolute Gasteiger partial charge is 0.369 e. The number of piperazine rings is 1. The van der Waals surface area contributed by atoms with E-state index in [1.165, 1.54) is 27.9 Å². The highest BCUT2D eigenvalue weighted by Crippen LogP contribution is 2.32. The Hall–Kier alpha value is -3.11. The molecule has 3 heterocycles. The minimum atomic E-state index is 0.929. The first-order valence-corrected chi connectivity index (χ1v) is 10.3. The highest BCUT2D eigenvalue weighted by atomic mass is 15.2. The summed E-state index contributed by atoms with van der Waals surface area (Å²) in [6, 6.07) is 19.5. The third-order valence-electron chi connectivity index (χ3n) is 5.99. The van der Waals surface area contributed by atoms with Gasteiger partial charge in [-0.15, -0.1) is 0 Å². The molecule has 0 radical (unpaired) electrons. The van der Waals surface area contributed by atoms with E-state index in [9.17, 15) is 0 Å². The molecule has 0 unspecified atom stereocenters. The van der Waals surface area contributed by atoms with Crippen molar-refractivity contribution in [3.8, 4) is 22.3 Å². The van der Waals surface area contributed by atoms with Crippen LogP contribution in [0.1, 0.15) is 5.56 Å². The highest BCUT2D eigenvalue weighted by Gasteiger charge is 2.16. The Bertz CT molecular complexity index is 1140. The third kappa shape index (κ3) is 3.40. The van der Waals surface area contributed by atoms with Crippen molar-refractivity contribution < 1.29 is 0 Å². The number of hydrogen-bond donors (Lipinski definition) is 1. The number of likely N-dealkylation sites (N-methyl/N-ethyl adjacent to an activating group) is 1. The molecule has 4 nitrogen and oxygen atoms in total. The van der Waals surface area contributed by atoms with Crippen LogP contribution in [0.3, 0.4) is 0 Å². The molecule has 1 saturated heterocycles. The number of nitrogens with zero attached hydrogens (tertiary/aromatic N) is 3. The molecule has 0 aliphatic carbocycles. The first-order chi connectivity index (χ1) is 14.2. The van der Waals surface area contributed by atoms with Crippen LogP contribution < -0.4 is 4.90 Å². The number of aromatic nitrogens is 2. The lowest BCUT2D eigenvalue weighted by atomic mass is 10.00. The molecule has 2 aromatic carbocycles. The topological polar surface area (TPSA) is 35.2 Å². The number of aromatic amines is 1. The van der Waals surface area contributed by atoms with Crippen LogP contribution in [0.5, 0.6) is 0 Å². The molecule has 2 aromatic heterocycles. The molecule has 0 atom stereocenters. The lowest BCUT2D eigenvalue weighted by Crippen LogP contribution is -2.44. The summed E-state index contributed by atoms with van der Waals surface area (Å²) in [6.07, 6.45) is 4.02. The van der Waals surface area contributed by atoms with E-state index in [2.05, 4.69) is 88.5 Å². The van der Waals surface area contributed by atoms with E-state index in [1.807, 2.05) is 12.3 Å². The number of H-pyrrole nitrogens is 1. The summed E-state index contributed by atoms with van der Waals surface area (Å²) in [5, 5.41) is 1.16. The summed E-state index contributed by atoms with van der Waals surface area (Å²) in [5.41, 5.74) is 8.38. The summed E-state index contributed by atoms with van der Waals surface area (Å²) >= 11 is 0. The number of benzene rings is 2. The summed E-state index contributed by atoms with van der Waals surface area (Å²) in [5.74, 6) is 0. The summed E-state index contributed by atoms with van der Waals surface area (Å²) < 4.78 is 0. The van der Waals surface area contributed by atoms with Gasteiger partial charge < -0.3 is 14.8 Å². The molecule has 1 fully saturated rings. The van der Waals surface area contributed by atoms with Crippen molar-refractivity contribution in [2.45, 2.75) is 6.92 Å². The quantitative estimate of drug-likeness (QED) is 0.544. The van der Waals surface area contributed by atoms with E-state index in [-0.39, 0.29) is 0 Å². The van der Waals surface area contributed by atoms with E-state index >= 15 is 0 Å². The van der Waals surface area contributed by atoms with E-state index in [0.717, 1.165) is 42.8 Å². The molecule has 1 aliphatic heterocycles. The fourth-order valence-corrected chi connectivity index (χ4v) is 4.25. The minimum absolute atomic E-state index is 0.929. The molecule has 0 spiro atoms. The van der Waals surface area contributed by atoms with Gasteiger partial charge in [0, 0.05) is 60.8 Å². The van der Waals surface area contributed by atoms with Crippen molar-refractivity contribution in [3.63, 3.8) is 0 Å². The Morgan fingerprint density at radius 2 is 1.66 bits per heavy atom. The Morgan fingerprint density at radius 1 is 0.862 bits per heavy atom. The first-order valence-electron chi connectivity index (χ1n) is 10.3. The van der Waals surface area contributed by atoms with Crippen molar-refractivity contribution in [1.82, 2.24) is 14.9 Å². The van der Waals surface area contributed by atoms with Crippen LogP contribution in [0.25, 0.3) is 33.3 Å². The molecule has 4 heteroatoms. The van der Waals surface area contributed by atoms with Crippen molar-refractivity contribution >= 4 is 16.7 Å². The Morgan fingerprint density at radius 3 is 2.41 bits per heavy atom. The van der Waals surface area contributed by atoms with E-state index in [0.29, 0.717) is 0 Å². The van der Waals surface area contributed by atoms with Crippen LogP contribution in [0.4, 0.5) is 5.69 Å². The fourth-order valence-electron chi connectivity index (χ4n) is 4.25. The van der Waals surface area contributed by atoms with Crippen molar-refractivity contribution in [2.75, 3.05) is 38.1 Å². The summed E-state index contributed by atoms with van der Waals surface area (Å²) in [4.78, 5) is 12.9. The zero-order valence-electron chi connectivity index (χ0n) is 17.0. The molecule has 29 heavy (non-hydrogen) atoms. The van der Waals surface area contributed by atoms with Gasteiger partial charge in [-0.3, -0.25) is 0 Å². The number of nitrogens with one attached hydrogen (secondary N) is 1. The summed E-state index contributed by atoms with van der Waals surface area (Å²) in [6.45, 7) is 6.64. The van der Waals surface area contributed by atoms with Gasteiger partial charge in [0.05, 0.1) is 0 Å². The van der Waals surface area contributed by atoms with Gasteiger partial charge in [-0.05, 0) is 48.9 Å². The number of pyridine rings is 1. The zero-order chi connectivity index (χ0) is 19.8. The van der Waals surface area contributed by atoms with Gasteiger partial charge in [-0.25, -0.2) is 4.98 Å².